The van der Waals surface area contributed by atoms with Gasteiger partial charge < -0.3 is 10.2 Å². The van der Waals surface area contributed by atoms with Crippen LogP contribution in [0.25, 0.3) is 22.0 Å². The highest BCUT2D eigenvalue weighted by Crippen LogP contribution is 2.33. The van der Waals surface area contributed by atoms with Crippen molar-refractivity contribution in [1.29, 1.82) is 0 Å². The zero-order chi connectivity index (χ0) is 27.0. The van der Waals surface area contributed by atoms with Gasteiger partial charge in [0, 0.05) is 54.3 Å². The molecule has 1 amide bonds. The van der Waals surface area contributed by atoms with Gasteiger partial charge in [-0.15, -0.1) is 0 Å². The molecule has 7 nitrogen and oxygen atoms in total. The highest BCUT2D eigenvalue weighted by molar-refractivity contribution is 5.96. The van der Waals surface area contributed by atoms with Crippen molar-refractivity contribution in [3.63, 3.8) is 0 Å². The average Bonchev–Trinajstić information content (AvgIpc) is 3.28. The molecule has 1 N–H and O–H groups in total. The first-order valence-electron chi connectivity index (χ1n) is 13.9. The van der Waals surface area contributed by atoms with Crippen molar-refractivity contribution in [2.75, 3.05) is 30.9 Å². The Hall–Kier alpha value is -3.13. The van der Waals surface area contributed by atoms with E-state index in [4.69, 9.17) is 4.98 Å². The maximum Gasteiger partial charge on any atom is 0.231 e. The monoisotopic (exact) mass is 518 g/mol. The number of alkyl halides is 1. The predicted molar refractivity (Wildman–Crippen MR) is 151 cm³/mol. The smallest absolute Gasteiger partial charge is 0.231 e. The topological polar surface area (TPSA) is 74.2 Å². The van der Waals surface area contributed by atoms with Gasteiger partial charge in [0.05, 0.1) is 5.52 Å². The number of hydrogen-bond donors (Lipinski definition) is 1. The van der Waals surface area contributed by atoms with Crippen LogP contribution in [0.3, 0.4) is 0 Å². The Bertz CT molecular complexity index is 1290. The van der Waals surface area contributed by atoms with Crippen molar-refractivity contribution in [3.05, 3.63) is 42.2 Å². The first kappa shape index (κ1) is 26.5. The van der Waals surface area contributed by atoms with Crippen molar-refractivity contribution in [1.82, 2.24) is 19.9 Å². The zero-order valence-electron chi connectivity index (χ0n) is 23.1. The van der Waals surface area contributed by atoms with E-state index in [1.807, 2.05) is 43.5 Å². The van der Waals surface area contributed by atoms with Gasteiger partial charge in [-0.2, -0.15) is 0 Å². The van der Waals surface area contributed by atoms with E-state index in [-0.39, 0.29) is 29.8 Å². The van der Waals surface area contributed by atoms with E-state index in [1.165, 1.54) is 0 Å². The predicted octanol–water partition coefficient (Wildman–Crippen LogP) is 5.81. The number of carbonyl (C=O) groups is 1. The Balaban J connectivity index is 1.38. The summed E-state index contributed by atoms with van der Waals surface area (Å²) in [5.74, 6) is 1.81. The van der Waals surface area contributed by atoms with Gasteiger partial charge in [0.15, 0.2) is 0 Å². The number of nitrogens with zero attached hydrogens (tertiary/aromatic N) is 5. The second-order valence-electron chi connectivity index (χ2n) is 11.3. The minimum atomic E-state index is -0.859. The van der Waals surface area contributed by atoms with Gasteiger partial charge in [-0.05, 0) is 81.1 Å². The summed E-state index contributed by atoms with van der Waals surface area (Å²) >= 11 is 0. The molecule has 3 heterocycles. The number of amides is 1. The Morgan fingerprint density at radius 2 is 1.92 bits per heavy atom. The molecule has 3 aromatic rings. The second kappa shape index (κ2) is 10.9. The SMILES string of the molecule is CCC1CCN(c2ccc(-c3cc(C(C)C)c4nc(N[C@H]5CC[C@H](N(C)C)C(F)C5)ncc4c3)cn2)C1=O. The van der Waals surface area contributed by atoms with Crippen molar-refractivity contribution in [3.8, 4) is 11.1 Å². The number of benzene rings is 1. The van der Waals surface area contributed by atoms with Crippen LogP contribution in [0.1, 0.15) is 64.4 Å². The van der Waals surface area contributed by atoms with Crippen LogP contribution in [0.2, 0.25) is 0 Å². The van der Waals surface area contributed by atoms with Gasteiger partial charge in [0.25, 0.3) is 0 Å². The number of hydrogen-bond acceptors (Lipinski definition) is 6. The summed E-state index contributed by atoms with van der Waals surface area (Å²) in [4.78, 5) is 30.5. The molecule has 38 heavy (non-hydrogen) atoms. The number of anilines is 2. The third-order valence-corrected chi connectivity index (χ3v) is 8.24. The number of carbonyl (C=O) groups excluding carboxylic acids is 1. The van der Waals surface area contributed by atoms with Crippen LogP contribution in [0.5, 0.6) is 0 Å². The van der Waals surface area contributed by atoms with E-state index < -0.39 is 6.17 Å². The Morgan fingerprint density at radius 1 is 1.11 bits per heavy atom. The minimum Gasteiger partial charge on any atom is -0.351 e. The molecule has 4 atom stereocenters. The summed E-state index contributed by atoms with van der Waals surface area (Å²) in [5, 5.41) is 4.36. The van der Waals surface area contributed by atoms with Crippen LogP contribution in [0.15, 0.2) is 36.7 Å². The summed E-state index contributed by atoms with van der Waals surface area (Å²) < 4.78 is 14.7. The normalized spacial score (nSPS) is 24.1. The summed E-state index contributed by atoms with van der Waals surface area (Å²) in [6, 6.07) is 8.25. The van der Waals surface area contributed by atoms with Gasteiger partial charge in [-0.25, -0.2) is 19.3 Å². The fraction of sp³-hybridized carbons (Fsp3) is 0.533. The van der Waals surface area contributed by atoms with E-state index >= 15 is 0 Å². The highest BCUT2D eigenvalue weighted by Gasteiger charge is 2.33. The van der Waals surface area contributed by atoms with Gasteiger partial charge in [0.2, 0.25) is 11.9 Å². The van der Waals surface area contributed by atoms with Crippen molar-refractivity contribution in [2.24, 2.45) is 5.92 Å². The number of aromatic nitrogens is 3. The second-order valence-corrected chi connectivity index (χ2v) is 11.3. The summed E-state index contributed by atoms with van der Waals surface area (Å²) in [5.41, 5.74) is 4.08. The molecule has 0 spiro atoms. The van der Waals surface area contributed by atoms with Crippen LogP contribution in [-0.4, -0.2) is 64.7 Å². The molecule has 2 aromatic heterocycles. The van der Waals surface area contributed by atoms with Crippen LogP contribution in [0, 0.1) is 5.92 Å². The molecule has 1 aromatic carbocycles. The van der Waals surface area contributed by atoms with E-state index in [2.05, 4.69) is 48.2 Å². The number of pyridine rings is 1. The largest absolute Gasteiger partial charge is 0.351 e. The number of halogens is 1. The lowest BCUT2D eigenvalue weighted by molar-refractivity contribution is -0.120. The van der Waals surface area contributed by atoms with Crippen LogP contribution in [0.4, 0.5) is 16.2 Å². The van der Waals surface area contributed by atoms with Gasteiger partial charge in [-0.3, -0.25) is 9.69 Å². The lowest BCUT2D eigenvalue weighted by Crippen LogP contribution is -2.44. The Labute approximate surface area is 224 Å². The number of fused-ring (bicyclic) bond motifs is 1. The first-order chi connectivity index (χ1) is 18.2. The lowest BCUT2D eigenvalue weighted by Gasteiger charge is -2.35. The van der Waals surface area contributed by atoms with Gasteiger partial charge in [0.1, 0.15) is 12.0 Å². The molecular formula is C30H39FN6O. The van der Waals surface area contributed by atoms with E-state index in [9.17, 15) is 9.18 Å². The molecule has 2 fully saturated rings. The first-order valence-corrected chi connectivity index (χ1v) is 13.9. The summed E-state index contributed by atoms with van der Waals surface area (Å²) in [6.07, 6.45) is 6.78. The zero-order valence-corrected chi connectivity index (χ0v) is 23.1. The molecule has 8 heteroatoms. The van der Waals surface area contributed by atoms with Crippen molar-refractivity contribution in [2.45, 2.75) is 77.0 Å². The van der Waals surface area contributed by atoms with Crippen LogP contribution in [-0.2, 0) is 4.79 Å². The number of nitrogens with one attached hydrogen (secondary N) is 1. The standard InChI is InChI=1S/C30H39FN6O/c1-6-19-11-12-37(29(19)38)27-10-7-20(16-32-27)21-13-22-17-33-30(35-28(22)24(14-21)18(2)3)34-23-8-9-26(36(4)5)25(31)15-23/h7,10,13-14,16-19,23,25-26H,6,8-9,11-12,15H2,1-5H3,(H,33,34,35)/t19?,23-,25?,26-/m0/s1. The molecule has 1 aliphatic heterocycles. The fourth-order valence-electron chi connectivity index (χ4n) is 5.91. The van der Waals surface area contributed by atoms with E-state index in [0.717, 1.165) is 59.8 Å². The molecule has 1 aliphatic carbocycles. The van der Waals surface area contributed by atoms with Crippen molar-refractivity contribution >= 4 is 28.6 Å². The van der Waals surface area contributed by atoms with E-state index in [0.29, 0.717) is 18.2 Å². The minimum absolute atomic E-state index is 0.0239. The molecule has 2 aliphatic rings. The Kier molecular flexibility index (Phi) is 7.61. The molecule has 1 saturated heterocycles. The van der Waals surface area contributed by atoms with Crippen LogP contribution >= 0.6 is 0 Å². The third kappa shape index (κ3) is 5.23. The summed E-state index contributed by atoms with van der Waals surface area (Å²) in [6.45, 7) is 7.12. The van der Waals surface area contributed by atoms with Gasteiger partial charge in [-0.1, -0.05) is 20.8 Å². The van der Waals surface area contributed by atoms with E-state index in [1.54, 1.807) is 4.90 Å². The maximum atomic E-state index is 14.7. The average molecular weight is 519 g/mol. The molecule has 1 saturated carbocycles. The summed E-state index contributed by atoms with van der Waals surface area (Å²) in [7, 11) is 3.89. The maximum absolute atomic E-state index is 14.7. The van der Waals surface area contributed by atoms with Crippen LogP contribution < -0.4 is 10.2 Å². The van der Waals surface area contributed by atoms with Crippen molar-refractivity contribution < 1.29 is 9.18 Å². The number of rotatable bonds is 7. The third-order valence-electron chi connectivity index (χ3n) is 8.24. The lowest BCUT2D eigenvalue weighted by atomic mass is 9.89. The molecule has 202 valence electrons. The van der Waals surface area contributed by atoms with Gasteiger partial charge >= 0.3 is 0 Å². The molecule has 5 rings (SSSR count). The fourth-order valence-corrected chi connectivity index (χ4v) is 5.91. The quantitative estimate of drug-likeness (QED) is 0.425. The molecule has 0 radical (unpaired) electrons. The molecule has 0 bridgehead atoms. The Morgan fingerprint density at radius 3 is 2.55 bits per heavy atom. The molecular weight excluding hydrogens is 479 g/mol. The molecule has 2 unspecified atom stereocenters. The highest BCUT2D eigenvalue weighted by atomic mass is 19.1.